The van der Waals surface area contributed by atoms with Gasteiger partial charge >= 0.3 is 5.97 Å². The molecule has 0 bridgehead atoms. The van der Waals surface area contributed by atoms with Gasteiger partial charge in [0.05, 0.1) is 12.7 Å². The summed E-state index contributed by atoms with van der Waals surface area (Å²) in [4.78, 5) is 28.9. The van der Waals surface area contributed by atoms with Gasteiger partial charge in [-0.05, 0) is 61.5 Å². The fourth-order valence-corrected chi connectivity index (χ4v) is 4.40. The van der Waals surface area contributed by atoms with Gasteiger partial charge in [-0.15, -0.1) is 0 Å². The first-order chi connectivity index (χ1) is 15.1. The number of methoxy groups -OCH3 is 1. The summed E-state index contributed by atoms with van der Waals surface area (Å²) in [6.07, 6.45) is 3.42. The lowest BCUT2D eigenvalue weighted by Crippen LogP contribution is -2.35. The van der Waals surface area contributed by atoms with Crippen molar-refractivity contribution in [2.75, 3.05) is 26.7 Å². The van der Waals surface area contributed by atoms with Crippen LogP contribution < -0.4 is 0 Å². The molecule has 0 aromatic heterocycles. The molecule has 0 aliphatic carbocycles. The van der Waals surface area contributed by atoms with E-state index in [1.54, 1.807) is 12.1 Å². The monoisotopic (exact) mass is 422 g/mol. The second-order valence-electron chi connectivity index (χ2n) is 8.08. The Morgan fingerprint density at radius 1 is 1.06 bits per heavy atom. The SMILES string of the molecule is CC.COC(=O)c1ccc2c(c1)C(=O)N(CCC1CCN(Cc3ccccc3)CC1)C2. The van der Waals surface area contributed by atoms with Crippen molar-refractivity contribution in [1.29, 1.82) is 0 Å². The first-order valence-corrected chi connectivity index (χ1v) is 11.4. The van der Waals surface area contributed by atoms with E-state index >= 15 is 0 Å². The van der Waals surface area contributed by atoms with Crippen molar-refractivity contribution in [3.05, 3.63) is 70.8 Å². The summed E-state index contributed by atoms with van der Waals surface area (Å²) in [6.45, 7) is 8.69. The van der Waals surface area contributed by atoms with Gasteiger partial charge in [-0.3, -0.25) is 9.69 Å². The molecular formula is C26H34N2O3. The summed E-state index contributed by atoms with van der Waals surface area (Å²) in [5.74, 6) is 0.303. The molecular weight excluding hydrogens is 388 g/mol. The summed E-state index contributed by atoms with van der Waals surface area (Å²) in [5, 5.41) is 0. The van der Waals surface area contributed by atoms with Crippen LogP contribution in [-0.2, 0) is 17.8 Å². The predicted molar refractivity (Wildman–Crippen MR) is 123 cm³/mol. The molecule has 5 nitrogen and oxygen atoms in total. The number of fused-ring (bicyclic) bond motifs is 1. The van der Waals surface area contributed by atoms with Gasteiger partial charge in [0.2, 0.25) is 0 Å². The lowest BCUT2D eigenvalue weighted by atomic mass is 9.93. The largest absolute Gasteiger partial charge is 0.465 e. The zero-order chi connectivity index (χ0) is 22.2. The number of nitrogens with zero attached hydrogens (tertiary/aromatic N) is 2. The molecule has 0 N–H and O–H groups in total. The first kappa shape index (κ1) is 23.0. The third-order valence-corrected chi connectivity index (χ3v) is 6.17. The Bertz CT molecular complexity index is 873. The Balaban J connectivity index is 0.00000132. The van der Waals surface area contributed by atoms with Crippen LogP contribution in [0.15, 0.2) is 48.5 Å². The number of carbonyl (C=O) groups is 2. The smallest absolute Gasteiger partial charge is 0.337 e. The van der Waals surface area contributed by atoms with Crippen LogP contribution in [0.4, 0.5) is 0 Å². The summed E-state index contributed by atoms with van der Waals surface area (Å²) < 4.78 is 4.76. The van der Waals surface area contributed by atoms with Gasteiger partial charge in [0.1, 0.15) is 0 Å². The van der Waals surface area contributed by atoms with E-state index in [4.69, 9.17) is 4.74 Å². The highest BCUT2D eigenvalue weighted by Crippen LogP contribution is 2.27. The molecule has 5 heteroatoms. The van der Waals surface area contributed by atoms with Gasteiger partial charge in [0, 0.05) is 25.2 Å². The second kappa shape index (κ2) is 11.1. The number of carbonyl (C=O) groups excluding carboxylic acids is 2. The summed E-state index contributed by atoms with van der Waals surface area (Å²) in [7, 11) is 1.36. The number of esters is 1. The summed E-state index contributed by atoms with van der Waals surface area (Å²) >= 11 is 0. The highest BCUT2D eigenvalue weighted by molar-refractivity contribution is 6.01. The molecule has 2 aliphatic heterocycles. The summed E-state index contributed by atoms with van der Waals surface area (Å²) in [5.41, 5.74) is 3.45. The standard InChI is InChI=1S/C24H28N2O3.C2H6/c1-29-24(28)20-7-8-21-17-26(23(27)22(21)15-20)14-11-18-9-12-25(13-10-18)16-19-5-3-2-4-6-19;1-2/h2-8,15,18H,9-14,16-17H2,1H3;1-2H3. The molecule has 0 atom stereocenters. The average molecular weight is 423 g/mol. The molecule has 2 aliphatic rings. The van der Waals surface area contributed by atoms with E-state index in [-0.39, 0.29) is 5.91 Å². The summed E-state index contributed by atoms with van der Waals surface area (Å²) in [6, 6.07) is 15.9. The van der Waals surface area contributed by atoms with E-state index in [1.807, 2.05) is 24.8 Å². The fourth-order valence-electron chi connectivity index (χ4n) is 4.40. The van der Waals surface area contributed by atoms with Crippen molar-refractivity contribution >= 4 is 11.9 Å². The Hall–Kier alpha value is -2.66. The molecule has 2 aromatic carbocycles. The van der Waals surface area contributed by atoms with Crippen molar-refractivity contribution in [2.45, 2.75) is 46.2 Å². The number of likely N-dealkylation sites (tertiary alicyclic amines) is 1. The van der Waals surface area contributed by atoms with Gasteiger partial charge in [-0.25, -0.2) is 4.79 Å². The van der Waals surface area contributed by atoms with Crippen LogP contribution in [-0.4, -0.2) is 48.4 Å². The maximum atomic E-state index is 12.8. The van der Waals surface area contributed by atoms with E-state index in [1.165, 1.54) is 25.5 Å². The zero-order valence-corrected chi connectivity index (χ0v) is 19.0. The maximum Gasteiger partial charge on any atom is 0.337 e. The van der Waals surface area contributed by atoms with Crippen molar-refractivity contribution in [1.82, 2.24) is 9.80 Å². The van der Waals surface area contributed by atoms with E-state index in [9.17, 15) is 9.59 Å². The van der Waals surface area contributed by atoms with Crippen LogP contribution in [0.2, 0.25) is 0 Å². The van der Waals surface area contributed by atoms with Gasteiger partial charge in [-0.1, -0.05) is 50.2 Å². The quantitative estimate of drug-likeness (QED) is 0.630. The van der Waals surface area contributed by atoms with Crippen LogP contribution in [0.1, 0.15) is 65.0 Å². The number of benzene rings is 2. The molecule has 1 fully saturated rings. The van der Waals surface area contributed by atoms with Crippen molar-refractivity contribution in [3.8, 4) is 0 Å². The topological polar surface area (TPSA) is 49.9 Å². The van der Waals surface area contributed by atoms with E-state index in [2.05, 4.69) is 35.2 Å². The molecule has 0 radical (unpaired) electrons. The van der Waals surface area contributed by atoms with Crippen LogP contribution in [0, 0.1) is 5.92 Å². The van der Waals surface area contributed by atoms with Crippen LogP contribution in [0.3, 0.4) is 0 Å². The Labute approximate surface area is 186 Å². The molecule has 4 rings (SSSR count). The number of amides is 1. The molecule has 0 spiro atoms. The predicted octanol–water partition coefficient (Wildman–Crippen LogP) is 4.76. The van der Waals surface area contributed by atoms with Crippen LogP contribution in [0.25, 0.3) is 0 Å². The Morgan fingerprint density at radius 2 is 1.77 bits per heavy atom. The van der Waals surface area contributed by atoms with Crippen LogP contribution >= 0.6 is 0 Å². The second-order valence-corrected chi connectivity index (χ2v) is 8.08. The Morgan fingerprint density at radius 3 is 2.45 bits per heavy atom. The minimum absolute atomic E-state index is 0.0345. The van der Waals surface area contributed by atoms with Crippen molar-refractivity contribution in [3.63, 3.8) is 0 Å². The number of hydrogen-bond donors (Lipinski definition) is 0. The molecule has 1 amide bonds. The molecule has 2 aromatic rings. The van der Waals surface area contributed by atoms with Gasteiger partial charge in [-0.2, -0.15) is 0 Å². The van der Waals surface area contributed by atoms with Gasteiger partial charge < -0.3 is 9.64 Å². The van der Waals surface area contributed by atoms with Crippen molar-refractivity contribution in [2.24, 2.45) is 5.92 Å². The highest BCUT2D eigenvalue weighted by atomic mass is 16.5. The minimum Gasteiger partial charge on any atom is -0.465 e. The third-order valence-electron chi connectivity index (χ3n) is 6.17. The Kier molecular flexibility index (Phi) is 8.24. The van der Waals surface area contributed by atoms with E-state index < -0.39 is 5.97 Å². The molecule has 0 unspecified atom stereocenters. The molecule has 31 heavy (non-hydrogen) atoms. The maximum absolute atomic E-state index is 12.8. The number of rotatable bonds is 6. The van der Waals surface area contributed by atoms with E-state index in [0.717, 1.165) is 38.2 Å². The normalized spacial score (nSPS) is 16.5. The number of piperidine rings is 1. The third kappa shape index (κ3) is 5.73. The highest BCUT2D eigenvalue weighted by Gasteiger charge is 2.29. The minimum atomic E-state index is -0.402. The lowest BCUT2D eigenvalue weighted by Gasteiger charge is -2.32. The molecule has 0 saturated carbocycles. The first-order valence-electron chi connectivity index (χ1n) is 11.4. The number of hydrogen-bond acceptors (Lipinski definition) is 4. The zero-order valence-electron chi connectivity index (χ0n) is 19.0. The lowest BCUT2D eigenvalue weighted by molar-refractivity contribution is 0.0600. The molecule has 1 saturated heterocycles. The number of ether oxygens (including phenoxy) is 1. The van der Waals surface area contributed by atoms with E-state index in [0.29, 0.717) is 23.6 Å². The van der Waals surface area contributed by atoms with Crippen LogP contribution in [0.5, 0.6) is 0 Å². The molecule has 2 heterocycles. The average Bonchev–Trinajstić information content (AvgIpc) is 3.15. The van der Waals surface area contributed by atoms with Gasteiger partial charge in [0.25, 0.3) is 5.91 Å². The van der Waals surface area contributed by atoms with Crippen molar-refractivity contribution < 1.29 is 14.3 Å². The molecule has 166 valence electrons. The van der Waals surface area contributed by atoms with Gasteiger partial charge in [0.15, 0.2) is 0 Å². The fraction of sp³-hybridized carbons (Fsp3) is 0.462.